The van der Waals surface area contributed by atoms with Crippen molar-refractivity contribution in [2.45, 2.75) is 20.3 Å². The van der Waals surface area contributed by atoms with E-state index in [0.29, 0.717) is 17.8 Å². The van der Waals surface area contributed by atoms with Gasteiger partial charge >= 0.3 is 0 Å². The Kier molecular flexibility index (Phi) is 12.6. The van der Waals surface area contributed by atoms with E-state index in [9.17, 15) is 4.79 Å². The van der Waals surface area contributed by atoms with Crippen molar-refractivity contribution in [2.24, 2.45) is 0 Å². The van der Waals surface area contributed by atoms with Crippen molar-refractivity contribution >= 4 is 36.4 Å². The summed E-state index contributed by atoms with van der Waals surface area (Å²) in [5.74, 6) is -0.0328. The number of hydrogen-bond donors (Lipinski definition) is 2. The van der Waals surface area contributed by atoms with Crippen LogP contribution in [-0.2, 0) is 0 Å². The van der Waals surface area contributed by atoms with E-state index in [0.717, 1.165) is 26.1 Å². The maximum atomic E-state index is 11.8. The largest absolute Gasteiger partial charge is 0.399 e. The van der Waals surface area contributed by atoms with E-state index in [1.807, 2.05) is 0 Å². The summed E-state index contributed by atoms with van der Waals surface area (Å²) in [6.07, 6.45) is 0.975. The Bertz CT molecular complexity index is 367. The van der Waals surface area contributed by atoms with Gasteiger partial charge in [0.25, 0.3) is 5.91 Å². The predicted octanol–water partition coefficient (Wildman–Crippen LogP) is 2.57. The molecular formula is C14H25Cl2N3O. The van der Waals surface area contributed by atoms with Crippen LogP contribution in [0.5, 0.6) is 0 Å². The van der Waals surface area contributed by atoms with Gasteiger partial charge in [0, 0.05) is 17.8 Å². The first kappa shape index (κ1) is 21.3. The number of nitrogens with zero attached hydrogens (tertiary/aromatic N) is 1. The first-order valence-corrected chi connectivity index (χ1v) is 6.53. The molecule has 0 aliphatic rings. The molecule has 0 aliphatic heterocycles. The molecule has 0 aliphatic carbocycles. The van der Waals surface area contributed by atoms with Gasteiger partial charge in [-0.05, 0) is 50.3 Å². The highest BCUT2D eigenvalue weighted by molar-refractivity contribution is 5.94. The van der Waals surface area contributed by atoms with Crippen LogP contribution in [0.2, 0.25) is 0 Å². The van der Waals surface area contributed by atoms with Gasteiger partial charge in [0.15, 0.2) is 0 Å². The van der Waals surface area contributed by atoms with Crippen LogP contribution in [0.1, 0.15) is 30.6 Å². The van der Waals surface area contributed by atoms with E-state index in [4.69, 9.17) is 5.73 Å². The number of nitrogens with two attached hydrogens (primary N) is 1. The van der Waals surface area contributed by atoms with Gasteiger partial charge in [0.2, 0.25) is 0 Å². The third-order valence-electron chi connectivity index (χ3n) is 3.00. The van der Waals surface area contributed by atoms with E-state index < -0.39 is 0 Å². The normalized spacial score (nSPS) is 9.55. The van der Waals surface area contributed by atoms with Gasteiger partial charge in [-0.15, -0.1) is 24.8 Å². The van der Waals surface area contributed by atoms with Crippen LogP contribution in [0.3, 0.4) is 0 Å². The van der Waals surface area contributed by atoms with Gasteiger partial charge in [0.1, 0.15) is 0 Å². The molecule has 1 rings (SSSR count). The summed E-state index contributed by atoms with van der Waals surface area (Å²) in [5.41, 5.74) is 6.91. The molecule has 0 fully saturated rings. The summed E-state index contributed by atoms with van der Waals surface area (Å²) in [7, 11) is 0. The molecule has 0 heterocycles. The smallest absolute Gasteiger partial charge is 0.251 e. The quantitative estimate of drug-likeness (QED) is 0.599. The highest BCUT2D eigenvalue weighted by Crippen LogP contribution is 2.05. The fraction of sp³-hybridized carbons (Fsp3) is 0.500. The Labute approximate surface area is 133 Å². The standard InChI is InChI=1S/C14H23N3O.2ClH/c1-3-17(4-2)11-5-10-16-14(18)12-6-8-13(15)9-7-12;;/h6-9H,3-5,10-11,15H2,1-2H3,(H,16,18);2*1H. The van der Waals surface area contributed by atoms with Crippen LogP contribution < -0.4 is 11.1 Å². The van der Waals surface area contributed by atoms with Crippen LogP contribution >= 0.6 is 24.8 Å². The third-order valence-corrected chi connectivity index (χ3v) is 3.00. The van der Waals surface area contributed by atoms with E-state index in [1.165, 1.54) is 0 Å². The monoisotopic (exact) mass is 321 g/mol. The maximum absolute atomic E-state index is 11.8. The van der Waals surface area contributed by atoms with Crippen molar-refractivity contribution in [2.75, 3.05) is 31.9 Å². The van der Waals surface area contributed by atoms with Crippen molar-refractivity contribution in [1.29, 1.82) is 0 Å². The Hall–Kier alpha value is -0.970. The number of carbonyl (C=O) groups excluding carboxylic acids is 1. The summed E-state index contributed by atoms with van der Waals surface area (Å²) in [5, 5.41) is 2.92. The molecule has 0 saturated heterocycles. The number of rotatable bonds is 7. The number of hydrogen-bond acceptors (Lipinski definition) is 3. The minimum Gasteiger partial charge on any atom is -0.399 e. The SMILES string of the molecule is CCN(CC)CCCNC(=O)c1ccc(N)cc1.Cl.Cl. The lowest BCUT2D eigenvalue weighted by molar-refractivity contribution is 0.0952. The molecule has 20 heavy (non-hydrogen) atoms. The zero-order valence-electron chi connectivity index (χ0n) is 12.1. The summed E-state index contributed by atoms with van der Waals surface area (Å²) in [6.45, 7) is 8.15. The van der Waals surface area contributed by atoms with Gasteiger partial charge in [-0.25, -0.2) is 0 Å². The van der Waals surface area contributed by atoms with Crippen LogP contribution in [0, 0.1) is 0 Å². The van der Waals surface area contributed by atoms with Crippen molar-refractivity contribution in [3.63, 3.8) is 0 Å². The number of amides is 1. The molecule has 1 aromatic rings. The van der Waals surface area contributed by atoms with Crippen LogP contribution in [0.25, 0.3) is 0 Å². The lowest BCUT2D eigenvalue weighted by Crippen LogP contribution is -2.29. The first-order valence-electron chi connectivity index (χ1n) is 6.53. The molecule has 4 nitrogen and oxygen atoms in total. The fourth-order valence-corrected chi connectivity index (χ4v) is 1.78. The molecule has 0 aromatic heterocycles. The molecule has 0 bridgehead atoms. The number of halogens is 2. The Morgan fingerprint density at radius 2 is 1.70 bits per heavy atom. The lowest BCUT2D eigenvalue weighted by atomic mass is 10.2. The Morgan fingerprint density at radius 3 is 2.20 bits per heavy atom. The highest BCUT2D eigenvalue weighted by atomic mass is 35.5. The second-order valence-corrected chi connectivity index (χ2v) is 4.26. The number of anilines is 1. The first-order chi connectivity index (χ1) is 8.67. The van der Waals surface area contributed by atoms with Crippen molar-refractivity contribution < 1.29 is 4.79 Å². The summed E-state index contributed by atoms with van der Waals surface area (Å²) in [4.78, 5) is 14.1. The molecule has 1 amide bonds. The van der Waals surface area contributed by atoms with Gasteiger partial charge in [-0.3, -0.25) is 4.79 Å². The molecule has 0 radical (unpaired) electrons. The van der Waals surface area contributed by atoms with Crippen molar-refractivity contribution in [3.05, 3.63) is 29.8 Å². The molecule has 3 N–H and O–H groups in total. The lowest BCUT2D eigenvalue weighted by Gasteiger charge is -2.17. The Balaban J connectivity index is 0. The van der Waals surface area contributed by atoms with Crippen molar-refractivity contribution in [1.82, 2.24) is 10.2 Å². The van der Waals surface area contributed by atoms with E-state index in [2.05, 4.69) is 24.1 Å². The number of nitrogen functional groups attached to an aromatic ring is 1. The summed E-state index contributed by atoms with van der Waals surface area (Å²) in [6, 6.07) is 6.97. The van der Waals surface area contributed by atoms with E-state index in [1.54, 1.807) is 24.3 Å². The Morgan fingerprint density at radius 1 is 1.15 bits per heavy atom. The minimum absolute atomic E-state index is 0. The van der Waals surface area contributed by atoms with E-state index in [-0.39, 0.29) is 30.7 Å². The van der Waals surface area contributed by atoms with Gasteiger partial charge in [0.05, 0.1) is 0 Å². The van der Waals surface area contributed by atoms with Gasteiger partial charge in [-0.1, -0.05) is 13.8 Å². The van der Waals surface area contributed by atoms with Crippen LogP contribution in [0.15, 0.2) is 24.3 Å². The second-order valence-electron chi connectivity index (χ2n) is 4.26. The zero-order valence-corrected chi connectivity index (χ0v) is 13.7. The molecule has 116 valence electrons. The zero-order chi connectivity index (χ0) is 13.4. The third kappa shape index (κ3) is 7.58. The highest BCUT2D eigenvalue weighted by Gasteiger charge is 2.04. The van der Waals surface area contributed by atoms with Gasteiger partial charge < -0.3 is 16.0 Å². The topological polar surface area (TPSA) is 58.4 Å². The molecule has 1 aromatic carbocycles. The number of benzene rings is 1. The molecule has 0 atom stereocenters. The minimum atomic E-state index is -0.0328. The summed E-state index contributed by atoms with van der Waals surface area (Å²) < 4.78 is 0. The average Bonchev–Trinajstić information content (AvgIpc) is 2.39. The average molecular weight is 322 g/mol. The molecular weight excluding hydrogens is 297 g/mol. The fourth-order valence-electron chi connectivity index (χ4n) is 1.78. The van der Waals surface area contributed by atoms with Crippen LogP contribution in [-0.4, -0.2) is 37.0 Å². The van der Waals surface area contributed by atoms with Gasteiger partial charge in [-0.2, -0.15) is 0 Å². The van der Waals surface area contributed by atoms with Crippen molar-refractivity contribution in [3.8, 4) is 0 Å². The molecule has 0 saturated carbocycles. The second kappa shape index (κ2) is 11.8. The number of nitrogens with one attached hydrogen (secondary N) is 1. The number of carbonyl (C=O) groups is 1. The maximum Gasteiger partial charge on any atom is 0.251 e. The molecule has 6 heteroatoms. The molecule has 0 spiro atoms. The van der Waals surface area contributed by atoms with E-state index >= 15 is 0 Å². The molecule has 0 unspecified atom stereocenters. The van der Waals surface area contributed by atoms with Crippen LogP contribution in [0.4, 0.5) is 5.69 Å². The summed E-state index contributed by atoms with van der Waals surface area (Å²) >= 11 is 0. The predicted molar refractivity (Wildman–Crippen MR) is 90.1 cm³/mol.